The first-order valence-electron chi connectivity index (χ1n) is 6.70. The number of halogens is 2. The molecule has 0 amide bonds. The Kier molecular flexibility index (Phi) is 5.43. The molecule has 0 saturated heterocycles. The van der Waals surface area contributed by atoms with E-state index in [1.54, 1.807) is 10.9 Å². The Bertz CT molecular complexity index is 627. The molecule has 0 saturated carbocycles. The Morgan fingerprint density at radius 2 is 2.14 bits per heavy atom. The van der Waals surface area contributed by atoms with Gasteiger partial charge in [-0.05, 0) is 44.3 Å². The molecule has 1 aromatic heterocycles. The number of benzene rings is 1. The summed E-state index contributed by atoms with van der Waals surface area (Å²) < 4.78 is 2.70. The molecule has 1 heterocycles. The SMILES string of the molecule is Cc1ccc(Br)cc1C(O)c1c(Cl)cnn1CCN(C)C. The van der Waals surface area contributed by atoms with Gasteiger partial charge in [0.1, 0.15) is 6.10 Å². The van der Waals surface area contributed by atoms with Crippen LogP contribution in [0.5, 0.6) is 0 Å². The average molecular weight is 373 g/mol. The molecule has 0 bridgehead atoms. The number of rotatable bonds is 5. The third kappa shape index (κ3) is 3.86. The highest BCUT2D eigenvalue weighted by Gasteiger charge is 2.21. The van der Waals surface area contributed by atoms with Gasteiger partial charge < -0.3 is 10.0 Å². The molecule has 0 aliphatic rings. The average Bonchev–Trinajstić information content (AvgIpc) is 2.79. The minimum absolute atomic E-state index is 0.487. The lowest BCUT2D eigenvalue weighted by atomic mass is 10.0. The van der Waals surface area contributed by atoms with Gasteiger partial charge >= 0.3 is 0 Å². The highest BCUT2D eigenvalue weighted by Crippen LogP contribution is 2.31. The third-order valence-corrected chi connectivity index (χ3v) is 4.17. The van der Waals surface area contributed by atoms with Gasteiger partial charge in [-0.1, -0.05) is 33.6 Å². The maximum atomic E-state index is 10.7. The normalized spacial score (nSPS) is 12.9. The molecule has 0 aliphatic carbocycles. The first-order chi connectivity index (χ1) is 9.90. The van der Waals surface area contributed by atoms with E-state index in [-0.39, 0.29) is 0 Å². The van der Waals surface area contributed by atoms with E-state index in [9.17, 15) is 5.11 Å². The molecule has 0 radical (unpaired) electrons. The lowest BCUT2D eigenvalue weighted by Crippen LogP contribution is -2.21. The molecule has 2 rings (SSSR count). The second-order valence-electron chi connectivity index (χ2n) is 5.31. The van der Waals surface area contributed by atoms with E-state index in [4.69, 9.17) is 11.6 Å². The number of nitrogens with zero attached hydrogens (tertiary/aromatic N) is 3. The van der Waals surface area contributed by atoms with Gasteiger partial charge in [0.2, 0.25) is 0 Å². The quantitative estimate of drug-likeness (QED) is 0.876. The highest BCUT2D eigenvalue weighted by atomic mass is 79.9. The molecule has 1 N–H and O–H groups in total. The van der Waals surface area contributed by atoms with E-state index in [0.717, 1.165) is 22.1 Å². The van der Waals surface area contributed by atoms with E-state index in [1.807, 2.05) is 39.2 Å². The summed E-state index contributed by atoms with van der Waals surface area (Å²) >= 11 is 9.67. The summed E-state index contributed by atoms with van der Waals surface area (Å²) in [5.41, 5.74) is 2.49. The monoisotopic (exact) mass is 371 g/mol. The molecule has 1 aromatic carbocycles. The first-order valence-corrected chi connectivity index (χ1v) is 7.87. The van der Waals surface area contributed by atoms with Crippen molar-refractivity contribution in [3.63, 3.8) is 0 Å². The zero-order valence-corrected chi connectivity index (χ0v) is 14.7. The molecule has 2 aromatic rings. The number of hydrogen-bond donors (Lipinski definition) is 1. The molecule has 21 heavy (non-hydrogen) atoms. The number of aryl methyl sites for hydroxylation is 1. The topological polar surface area (TPSA) is 41.3 Å². The van der Waals surface area contributed by atoms with Crippen LogP contribution in [0.15, 0.2) is 28.9 Å². The van der Waals surface area contributed by atoms with Crippen LogP contribution < -0.4 is 0 Å². The van der Waals surface area contributed by atoms with Crippen molar-refractivity contribution in [2.75, 3.05) is 20.6 Å². The van der Waals surface area contributed by atoms with Crippen molar-refractivity contribution in [1.82, 2.24) is 14.7 Å². The molecule has 0 aliphatic heterocycles. The number of aromatic nitrogens is 2. The fourth-order valence-electron chi connectivity index (χ4n) is 2.17. The molecule has 0 spiro atoms. The molecule has 4 nitrogen and oxygen atoms in total. The van der Waals surface area contributed by atoms with E-state index in [0.29, 0.717) is 17.3 Å². The van der Waals surface area contributed by atoms with Crippen molar-refractivity contribution in [3.05, 3.63) is 50.7 Å². The van der Waals surface area contributed by atoms with Gasteiger partial charge in [0.15, 0.2) is 0 Å². The van der Waals surface area contributed by atoms with Gasteiger partial charge in [-0.25, -0.2) is 0 Å². The molecule has 1 atom stereocenters. The Morgan fingerprint density at radius 1 is 1.43 bits per heavy atom. The second kappa shape index (κ2) is 6.92. The maximum Gasteiger partial charge on any atom is 0.122 e. The summed E-state index contributed by atoms with van der Waals surface area (Å²) in [4.78, 5) is 2.07. The molecule has 114 valence electrons. The summed E-state index contributed by atoms with van der Waals surface area (Å²) in [6.45, 7) is 3.48. The van der Waals surface area contributed by atoms with Gasteiger partial charge in [-0.3, -0.25) is 4.68 Å². The number of aliphatic hydroxyl groups excluding tert-OH is 1. The van der Waals surface area contributed by atoms with Crippen LogP contribution >= 0.6 is 27.5 Å². The molecular weight excluding hydrogens is 354 g/mol. The predicted octanol–water partition coefficient (Wildman–Crippen LogP) is 3.25. The van der Waals surface area contributed by atoms with Crippen molar-refractivity contribution >= 4 is 27.5 Å². The first kappa shape index (κ1) is 16.5. The van der Waals surface area contributed by atoms with Crippen molar-refractivity contribution < 1.29 is 5.11 Å². The zero-order chi connectivity index (χ0) is 15.6. The Balaban J connectivity index is 2.36. The van der Waals surface area contributed by atoms with Crippen LogP contribution in [0.2, 0.25) is 5.02 Å². The third-order valence-electron chi connectivity index (χ3n) is 3.39. The van der Waals surface area contributed by atoms with Crippen LogP contribution in [0.1, 0.15) is 22.9 Å². The summed E-state index contributed by atoms with van der Waals surface area (Å²) in [6.07, 6.45) is 0.794. The van der Waals surface area contributed by atoms with Crippen molar-refractivity contribution in [3.8, 4) is 0 Å². The zero-order valence-electron chi connectivity index (χ0n) is 12.3. The van der Waals surface area contributed by atoms with Gasteiger partial charge in [-0.15, -0.1) is 0 Å². The Labute approximate surface area is 138 Å². The molecular formula is C15H19BrClN3O. The predicted molar refractivity (Wildman–Crippen MR) is 88.7 cm³/mol. The molecule has 6 heteroatoms. The largest absolute Gasteiger partial charge is 0.382 e. The molecule has 1 unspecified atom stereocenters. The maximum absolute atomic E-state index is 10.7. The summed E-state index contributed by atoms with van der Waals surface area (Å²) in [6, 6.07) is 5.84. The van der Waals surface area contributed by atoms with E-state index in [2.05, 4.69) is 25.9 Å². The van der Waals surface area contributed by atoms with Crippen LogP contribution in [-0.2, 0) is 6.54 Å². The smallest absolute Gasteiger partial charge is 0.122 e. The number of hydrogen-bond acceptors (Lipinski definition) is 3. The Morgan fingerprint density at radius 3 is 2.81 bits per heavy atom. The summed E-state index contributed by atoms with van der Waals surface area (Å²) in [7, 11) is 4.00. The van der Waals surface area contributed by atoms with Gasteiger partial charge in [0.05, 0.1) is 23.5 Å². The summed E-state index contributed by atoms with van der Waals surface area (Å²) in [5, 5.41) is 15.5. The van der Waals surface area contributed by atoms with E-state index >= 15 is 0 Å². The minimum Gasteiger partial charge on any atom is -0.382 e. The van der Waals surface area contributed by atoms with E-state index < -0.39 is 6.10 Å². The van der Waals surface area contributed by atoms with Gasteiger partial charge in [0, 0.05) is 11.0 Å². The lowest BCUT2D eigenvalue weighted by Gasteiger charge is -2.18. The van der Waals surface area contributed by atoms with E-state index in [1.165, 1.54) is 0 Å². The van der Waals surface area contributed by atoms with Crippen LogP contribution in [0, 0.1) is 6.92 Å². The van der Waals surface area contributed by atoms with Gasteiger partial charge in [0.25, 0.3) is 0 Å². The van der Waals surface area contributed by atoms with Crippen LogP contribution in [0.3, 0.4) is 0 Å². The summed E-state index contributed by atoms with van der Waals surface area (Å²) in [5.74, 6) is 0. The van der Waals surface area contributed by atoms with Crippen LogP contribution in [0.4, 0.5) is 0 Å². The van der Waals surface area contributed by atoms with Crippen LogP contribution in [-0.4, -0.2) is 40.4 Å². The van der Waals surface area contributed by atoms with Crippen molar-refractivity contribution in [2.24, 2.45) is 0 Å². The number of aliphatic hydroxyl groups is 1. The fraction of sp³-hybridized carbons (Fsp3) is 0.400. The Hall–Kier alpha value is -0.880. The van der Waals surface area contributed by atoms with Crippen molar-refractivity contribution in [2.45, 2.75) is 19.6 Å². The van der Waals surface area contributed by atoms with Crippen LogP contribution in [0.25, 0.3) is 0 Å². The van der Waals surface area contributed by atoms with Gasteiger partial charge in [-0.2, -0.15) is 5.10 Å². The molecule has 0 fully saturated rings. The highest BCUT2D eigenvalue weighted by molar-refractivity contribution is 9.10. The lowest BCUT2D eigenvalue weighted by molar-refractivity contribution is 0.205. The number of likely N-dealkylation sites (N-methyl/N-ethyl adjacent to an activating group) is 1. The standard InChI is InChI=1S/C15H19BrClN3O/c1-10-4-5-11(16)8-12(10)15(21)14-13(17)9-18-20(14)7-6-19(2)3/h4-5,8-9,15,21H,6-7H2,1-3H3. The van der Waals surface area contributed by atoms with Crippen molar-refractivity contribution in [1.29, 1.82) is 0 Å². The minimum atomic E-state index is -0.792. The fourth-order valence-corrected chi connectivity index (χ4v) is 2.79. The second-order valence-corrected chi connectivity index (χ2v) is 6.63.